The molecule has 3 aliphatic heterocycles. The second-order valence-electron chi connectivity index (χ2n) is 17.6. The number of aliphatic hydroxyl groups excluding tert-OH is 9. The number of esters is 1. The summed E-state index contributed by atoms with van der Waals surface area (Å²) in [5.74, 6) is -6.83. The summed E-state index contributed by atoms with van der Waals surface area (Å²) in [5, 5.41) is 118. The number of cyclic esters (lactones) is 1. The topological polar surface area (TPSA) is 320 Å². The fourth-order valence-corrected chi connectivity index (χ4v) is 7.97. The van der Waals surface area contributed by atoms with Gasteiger partial charge in [0.25, 0.3) is 0 Å². The number of hydrogen-bond acceptors (Lipinski definition) is 17. The number of rotatable bonds is 3. The third-order valence-electron chi connectivity index (χ3n) is 12.0. The molecule has 3 rings (SSSR count). The molecule has 3 heterocycles. The molecule has 19 atom stereocenters. The average Bonchev–Trinajstić information content (AvgIpc) is 3.21. The lowest BCUT2D eigenvalue weighted by molar-refractivity contribution is -0.308. The Hall–Kier alpha value is -3.44. The van der Waals surface area contributed by atoms with E-state index in [0.717, 1.165) is 0 Å². The van der Waals surface area contributed by atoms with Crippen LogP contribution in [0.3, 0.4) is 0 Å². The quantitative estimate of drug-likeness (QED) is 0.174. The Kier molecular flexibility index (Phi) is 23.6. The summed E-state index contributed by atoms with van der Waals surface area (Å²) < 4.78 is 23.1. The van der Waals surface area contributed by atoms with Crippen molar-refractivity contribution < 1.29 is 84.7 Å². The van der Waals surface area contributed by atoms with Gasteiger partial charge in [0.15, 0.2) is 12.1 Å². The highest BCUT2D eigenvalue weighted by atomic mass is 16.7. The maximum atomic E-state index is 12.6. The van der Waals surface area contributed by atoms with Crippen LogP contribution in [0.5, 0.6) is 0 Å². The van der Waals surface area contributed by atoms with Crippen molar-refractivity contribution in [2.24, 2.45) is 23.5 Å². The van der Waals surface area contributed by atoms with Crippen LogP contribution in [0.4, 0.5) is 0 Å². The van der Waals surface area contributed by atoms with Crippen LogP contribution >= 0.6 is 0 Å². The fraction of sp³-hybridized carbons (Fsp3) is 0.660. The van der Waals surface area contributed by atoms with Gasteiger partial charge in [0.05, 0.1) is 79.6 Å². The van der Waals surface area contributed by atoms with Crippen molar-refractivity contribution in [3.8, 4) is 0 Å². The van der Waals surface area contributed by atoms with Gasteiger partial charge in [-0.15, -0.1) is 0 Å². The number of carboxylic acid groups (broad SMARTS) is 1. The van der Waals surface area contributed by atoms with E-state index in [2.05, 4.69) is 0 Å². The van der Waals surface area contributed by atoms with E-state index in [1.807, 2.05) is 19.1 Å². The molecule has 13 N–H and O–H groups in total. The van der Waals surface area contributed by atoms with Gasteiger partial charge in [-0.1, -0.05) is 98.9 Å². The SMILES string of the molecule is C[C@@H]1[C@H](O)[C@@H](C)/C=C/C=C/C=C/C=C/C=C/C=C/C=C/[C@H](O[C@H]2O[C@@H](C)C(O)[C@H](N)[C@@H]2O)C[C@@H]2O[C@](O)(C[C@@H](O)C[C@@H](O)[C@H](O)CC[C@@H](O)C[C@@H](O)CC(=O)O[C@H]1C)C[C@H](O)[C@H]2C(=O)O. The van der Waals surface area contributed by atoms with E-state index in [4.69, 9.17) is 24.7 Å². The Bertz CT molecular complexity index is 1670. The molecule has 0 saturated carbocycles. The van der Waals surface area contributed by atoms with Crippen LogP contribution in [0.1, 0.15) is 79.1 Å². The second kappa shape index (κ2) is 27.4. The van der Waals surface area contributed by atoms with Crippen LogP contribution in [0.15, 0.2) is 85.1 Å². The highest BCUT2D eigenvalue weighted by Gasteiger charge is 2.51. The van der Waals surface area contributed by atoms with Crippen LogP contribution in [-0.2, 0) is 28.5 Å². The van der Waals surface area contributed by atoms with E-state index in [1.54, 1.807) is 80.7 Å². The molecule has 2 fully saturated rings. The molecule has 0 aliphatic carbocycles. The Morgan fingerprint density at radius 1 is 0.662 bits per heavy atom. The standard InChI is InChI=1S/C47H73NO17/c1-27-17-15-13-11-9-7-5-6-8-10-12-14-16-18-34(64-46-44(58)41(48)43(57)30(4)63-46)24-38-40(45(59)60)37(54)26-47(61,65-38)25-33(51)22-36(53)35(52)20-19-31(49)21-32(50)23-39(55)62-29(3)28(2)42(27)56/h5-18,27-38,40-44,46,49-54,56-58,61H,19-26,48H2,1-4H3,(H,59,60)/b6-5+,9-7+,10-8+,13-11+,14-12+,17-15+,18-16+/t27-,28-,29-,30-,31+,32+,33-,34-,35+,36+,37-,38-,40+,41-,42+,43?,44-,46+,47+/m0/s1. The van der Waals surface area contributed by atoms with Crippen molar-refractivity contribution in [3.63, 3.8) is 0 Å². The zero-order valence-corrected chi connectivity index (χ0v) is 37.6. The van der Waals surface area contributed by atoms with Gasteiger partial charge in [0.2, 0.25) is 0 Å². The van der Waals surface area contributed by atoms with E-state index in [1.165, 1.54) is 13.0 Å². The number of aliphatic hydroxyl groups is 10. The lowest BCUT2D eigenvalue weighted by Gasteiger charge is -2.45. The number of carboxylic acids is 1. The minimum atomic E-state index is -2.33. The van der Waals surface area contributed by atoms with Crippen LogP contribution in [0.2, 0.25) is 0 Å². The molecule has 2 saturated heterocycles. The van der Waals surface area contributed by atoms with Crippen molar-refractivity contribution in [1.82, 2.24) is 0 Å². The molecular weight excluding hydrogens is 851 g/mol. The number of aliphatic carboxylic acids is 1. The van der Waals surface area contributed by atoms with Crippen LogP contribution < -0.4 is 5.73 Å². The summed E-state index contributed by atoms with van der Waals surface area (Å²) in [5.41, 5.74) is 6.02. The van der Waals surface area contributed by atoms with E-state index < -0.39 is 147 Å². The molecule has 0 amide bonds. The number of fused-ring (bicyclic) bond motifs is 2. The Balaban J connectivity index is 1.86. The van der Waals surface area contributed by atoms with Gasteiger partial charge in [-0.05, 0) is 33.1 Å². The van der Waals surface area contributed by atoms with Crippen molar-refractivity contribution in [2.75, 3.05) is 0 Å². The first-order valence-corrected chi connectivity index (χ1v) is 22.3. The van der Waals surface area contributed by atoms with Crippen molar-refractivity contribution in [3.05, 3.63) is 85.1 Å². The van der Waals surface area contributed by atoms with E-state index in [9.17, 15) is 65.8 Å². The number of hydrogen-bond donors (Lipinski definition) is 12. The van der Waals surface area contributed by atoms with Crippen molar-refractivity contribution >= 4 is 11.9 Å². The van der Waals surface area contributed by atoms with Gasteiger partial charge >= 0.3 is 11.9 Å². The first kappa shape index (κ1) is 55.9. The molecule has 0 aromatic heterocycles. The molecule has 2 bridgehead atoms. The minimum absolute atomic E-state index is 0.107. The van der Waals surface area contributed by atoms with Gasteiger partial charge in [-0.3, -0.25) is 9.59 Å². The molecule has 0 radical (unpaired) electrons. The third kappa shape index (κ3) is 18.6. The molecule has 0 aromatic rings. The van der Waals surface area contributed by atoms with E-state index in [-0.39, 0.29) is 31.6 Å². The zero-order chi connectivity index (χ0) is 48.4. The van der Waals surface area contributed by atoms with E-state index >= 15 is 0 Å². The lowest BCUT2D eigenvalue weighted by atomic mass is 9.82. The Labute approximate surface area is 381 Å². The van der Waals surface area contributed by atoms with Crippen LogP contribution in [0.25, 0.3) is 0 Å². The molecule has 65 heavy (non-hydrogen) atoms. The number of nitrogens with two attached hydrogens (primary N) is 1. The van der Waals surface area contributed by atoms with Gasteiger partial charge in [0, 0.05) is 37.5 Å². The smallest absolute Gasteiger partial charge is 0.311 e. The summed E-state index contributed by atoms with van der Waals surface area (Å²) in [6.45, 7) is 6.74. The first-order chi connectivity index (χ1) is 30.6. The van der Waals surface area contributed by atoms with Gasteiger partial charge in [0.1, 0.15) is 18.1 Å². The third-order valence-corrected chi connectivity index (χ3v) is 12.0. The summed E-state index contributed by atoms with van der Waals surface area (Å²) in [6, 6.07) is -1.15. The zero-order valence-electron chi connectivity index (χ0n) is 37.6. The molecule has 18 nitrogen and oxygen atoms in total. The fourth-order valence-electron chi connectivity index (χ4n) is 7.97. The number of ether oxygens (including phenoxy) is 4. The van der Waals surface area contributed by atoms with Gasteiger partial charge < -0.3 is 80.9 Å². The summed E-state index contributed by atoms with van der Waals surface area (Å²) in [7, 11) is 0. The predicted molar refractivity (Wildman–Crippen MR) is 237 cm³/mol. The molecule has 368 valence electrons. The summed E-state index contributed by atoms with van der Waals surface area (Å²) in [6.07, 6.45) is 3.46. The highest BCUT2D eigenvalue weighted by Crippen LogP contribution is 2.38. The molecule has 3 aliphatic rings. The average molecular weight is 924 g/mol. The van der Waals surface area contributed by atoms with Gasteiger partial charge in [-0.25, -0.2) is 0 Å². The second-order valence-corrected chi connectivity index (χ2v) is 17.6. The molecule has 18 heteroatoms. The predicted octanol–water partition coefficient (Wildman–Crippen LogP) is 0.712. The molecular formula is C47H73NO17. The first-order valence-electron chi connectivity index (χ1n) is 22.3. The maximum Gasteiger partial charge on any atom is 0.311 e. The highest BCUT2D eigenvalue weighted by molar-refractivity contribution is 5.71. The largest absolute Gasteiger partial charge is 0.481 e. The van der Waals surface area contributed by atoms with E-state index in [0.29, 0.717) is 0 Å². The Morgan fingerprint density at radius 2 is 1.23 bits per heavy atom. The number of carbonyl (C=O) groups is 2. The number of allylic oxidation sites excluding steroid dienone is 12. The van der Waals surface area contributed by atoms with Crippen molar-refractivity contribution in [1.29, 1.82) is 0 Å². The molecule has 0 aromatic carbocycles. The van der Waals surface area contributed by atoms with Crippen LogP contribution in [0, 0.1) is 17.8 Å². The molecule has 0 spiro atoms. The van der Waals surface area contributed by atoms with Gasteiger partial charge in [-0.2, -0.15) is 0 Å². The summed E-state index contributed by atoms with van der Waals surface area (Å²) in [4.78, 5) is 25.1. The maximum absolute atomic E-state index is 12.6. The summed E-state index contributed by atoms with van der Waals surface area (Å²) >= 11 is 0. The lowest BCUT2D eigenvalue weighted by Crippen LogP contribution is -2.61. The molecule has 1 unspecified atom stereocenters. The minimum Gasteiger partial charge on any atom is -0.481 e. The normalized spacial score (nSPS) is 45.5. The monoisotopic (exact) mass is 923 g/mol. The number of carbonyl (C=O) groups excluding carboxylic acids is 1. The van der Waals surface area contributed by atoms with Crippen molar-refractivity contribution in [2.45, 2.75) is 177 Å². The Morgan fingerprint density at radius 3 is 1.82 bits per heavy atom. The van der Waals surface area contributed by atoms with Crippen LogP contribution in [-0.4, -0.2) is 166 Å².